The smallest absolute Gasteiger partial charge is 0.416 e. The van der Waals surface area contributed by atoms with Crippen LogP contribution < -0.4 is 9.64 Å². The zero-order chi connectivity index (χ0) is 24.1. The van der Waals surface area contributed by atoms with Crippen molar-refractivity contribution >= 4 is 11.6 Å². The molecule has 1 aromatic heterocycles. The van der Waals surface area contributed by atoms with Crippen molar-refractivity contribution in [3.05, 3.63) is 89.2 Å². The minimum absolute atomic E-state index is 0.160. The van der Waals surface area contributed by atoms with E-state index in [4.69, 9.17) is 4.74 Å². The Hall–Kier alpha value is -3.99. The van der Waals surface area contributed by atoms with E-state index in [1.807, 2.05) is 11.0 Å². The lowest BCUT2D eigenvalue weighted by Crippen LogP contribution is -2.48. The van der Waals surface area contributed by atoms with Crippen molar-refractivity contribution in [1.82, 2.24) is 9.88 Å². The zero-order valence-electron chi connectivity index (χ0n) is 18.5. The first kappa shape index (κ1) is 23.2. The quantitative estimate of drug-likeness (QED) is 0.536. The molecule has 0 aliphatic carbocycles. The van der Waals surface area contributed by atoms with Crippen molar-refractivity contribution in [3.8, 4) is 17.6 Å². The van der Waals surface area contributed by atoms with Gasteiger partial charge in [0.15, 0.2) is 0 Å². The number of halogens is 3. The summed E-state index contributed by atoms with van der Waals surface area (Å²) >= 11 is 0. The van der Waals surface area contributed by atoms with Crippen molar-refractivity contribution in [2.45, 2.75) is 6.18 Å². The predicted octanol–water partition coefficient (Wildman–Crippen LogP) is 4.47. The van der Waals surface area contributed by atoms with Gasteiger partial charge in [0.25, 0.3) is 5.91 Å². The summed E-state index contributed by atoms with van der Waals surface area (Å²) in [6, 6.07) is 15.8. The second-order valence-electron chi connectivity index (χ2n) is 7.71. The molecule has 0 saturated carbocycles. The molecule has 1 amide bonds. The summed E-state index contributed by atoms with van der Waals surface area (Å²) in [5.74, 6) is 6.37. The van der Waals surface area contributed by atoms with Crippen molar-refractivity contribution in [2.24, 2.45) is 0 Å². The number of pyridine rings is 1. The summed E-state index contributed by atoms with van der Waals surface area (Å²) in [6.45, 7) is 1.68. The van der Waals surface area contributed by atoms with E-state index < -0.39 is 11.7 Å². The van der Waals surface area contributed by atoms with Crippen molar-refractivity contribution < 1.29 is 22.7 Å². The van der Waals surface area contributed by atoms with Gasteiger partial charge in [-0.1, -0.05) is 18.1 Å². The molecular formula is C26H22F3N3O2. The minimum atomic E-state index is -4.39. The molecule has 0 radical (unpaired) electrons. The van der Waals surface area contributed by atoms with E-state index >= 15 is 0 Å². The fraction of sp³-hybridized carbons (Fsp3) is 0.231. The molecule has 174 valence electrons. The minimum Gasteiger partial charge on any atom is -0.495 e. The van der Waals surface area contributed by atoms with Crippen LogP contribution in [0, 0.1) is 11.8 Å². The molecule has 0 atom stereocenters. The van der Waals surface area contributed by atoms with Gasteiger partial charge in [0.1, 0.15) is 11.4 Å². The molecule has 0 unspecified atom stereocenters. The maximum atomic E-state index is 13.1. The number of hydrogen-bond acceptors (Lipinski definition) is 4. The summed E-state index contributed by atoms with van der Waals surface area (Å²) in [4.78, 5) is 20.8. The van der Waals surface area contributed by atoms with Gasteiger partial charge in [-0.05, 0) is 54.5 Å². The van der Waals surface area contributed by atoms with Crippen LogP contribution in [-0.2, 0) is 6.18 Å². The molecule has 2 aromatic carbocycles. The topological polar surface area (TPSA) is 45.7 Å². The van der Waals surface area contributed by atoms with Gasteiger partial charge in [-0.25, -0.2) is 4.98 Å². The number of ether oxygens (including phenoxy) is 1. The largest absolute Gasteiger partial charge is 0.495 e. The van der Waals surface area contributed by atoms with E-state index in [0.717, 1.165) is 12.1 Å². The molecule has 4 rings (SSSR count). The summed E-state index contributed by atoms with van der Waals surface area (Å²) in [5.41, 5.74) is 1.46. The highest BCUT2D eigenvalue weighted by molar-refractivity contribution is 5.95. The third-order valence-electron chi connectivity index (χ3n) is 5.54. The number of nitrogens with zero attached hydrogens (tertiary/aromatic N) is 3. The van der Waals surface area contributed by atoms with Crippen LogP contribution in [0.3, 0.4) is 0 Å². The number of alkyl halides is 3. The molecule has 34 heavy (non-hydrogen) atoms. The molecule has 1 aliphatic rings. The van der Waals surface area contributed by atoms with Crippen LogP contribution in [-0.4, -0.2) is 49.1 Å². The number of piperazine rings is 1. The Morgan fingerprint density at radius 1 is 0.971 bits per heavy atom. The Morgan fingerprint density at radius 2 is 1.76 bits per heavy atom. The fourth-order valence-corrected chi connectivity index (χ4v) is 3.74. The normalized spacial score (nSPS) is 13.8. The number of anilines is 1. The first-order valence-corrected chi connectivity index (χ1v) is 10.7. The molecule has 1 fully saturated rings. The van der Waals surface area contributed by atoms with Crippen molar-refractivity contribution in [1.29, 1.82) is 0 Å². The van der Waals surface area contributed by atoms with E-state index in [-0.39, 0.29) is 5.91 Å². The number of carbonyl (C=O) groups excluding carboxylic acids is 1. The molecule has 8 heteroatoms. The average molecular weight is 465 g/mol. The number of rotatable bonds is 3. The van der Waals surface area contributed by atoms with Crippen LogP contribution in [0.1, 0.15) is 27.2 Å². The maximum Gasteiger partial charge on any atom is 0.416 e. The number of hydrogen-bond donors (Lipinski definition) is 0. The van der Waals surface area contributed by atoms with Crippen LogP contribution in [0.25, 0.3) is 0 Å². The lowest BCUT2D eigenvalue weighted by Gasteiger charge is -2.36. The van der Waals surface area contributed by atoms with Gasteiger partial charge in [-0.15, -0.1) is 0 Å². The summed E-state index contributed by atoms with van der Waals surface area (Å²) < 4.78 is 44.5. The third kappa shape index (κ3) is 5.31. The van der Waals surface area contributed by atoms with Crippen LogP contribution in [0.4, 0.5) is 18.9 Å². The van der Waals surface area contributed by atoms with Crippen molar-refractivity contribution in [3.63, 3.8) is 0 Å². The summed E-state index contributed by atoms with van der Waals surface area (Å²) in [6.07, 6.45) is -2.74. The molecule has 1 saturated heterocycles. The van der Waals surface area contributed by atoms with Gasteiger partial charge in [-0.2, -0.15) is 13.2 Å². The second kappa shape index (κ2) is 9.87. The molecule has 3 aromatic rings. The SMILES string of the molecule is COc1ccc(C(=O)N2CCN(c3cccc(C(F)(F)F)c3)CC2)cc1C#Cc1ccccn1. The lowest BCUT2D eigenvalue weighted by molar-refractivity contribution is -0.137. The predicted molar refractivity (Wildman–Crippen MR) is 123 cm³/mol. The Balaban J connectivity index is 1.47. The Labute approximate surface area is 195 Å². The molecule has 2 heterocycles. The number of methoxy groups -OCH3 is 1. The first-order chi connectivity index (χ1) is 16.3. The molecule has 0 spiro atoms. The average Bonchev–Trinajstić information content (AvgIpc) is 2.87. The highest BCUT2D eigenvalue weighted by Gasteiger charge is 2.31. The fourth-order valence-electron chi connectivity index (χ4n) is 3.74. The third-order valence-corrected chi connectivity index (χ3v) is 5.54. The Morgan fingerprint density at radius 3 is 2.44 bits per heavy atom. The molecular weight excluding hydrogens is 443 g/mol. The van der Waals surface area contributed by atoms with Crippen LogP contribution in [0.5, 0.6) is 5.75 Å². The van der Waals surface area contributed by atoms with Gasteiger partial charge in [0.2, 0.25) is 0 Å². The van der Waals surface area contributed by atoms with E-state index in [9.17, 15) is 18.0 Å². The van der Waals surface area contributed by atoms with Crippen LogP contribution in [0.15, 0.2) is 66.9 Å². The second-order valence-corrected chi connectivity index (χ2v) is 7.71. The number of carbonyl (C=O) groups is 1. The lowest BCUT2D eigenvalue weighted by atomic mass is 10.1. The molecule has 1 aliphatic heterocycles. The number of amides is 1. The highest BCUT2D eigenvalue weighted by Crippen LogP contribution is 2.32. The standard InChI is InChI=1S/C26H22F3N3O2/c1-34-24-11-9-20(17-19(24)8-10-22-6-2-3-12-30-22)25(33)32-15-13-31(14-16-32)23-7-4-5-21(18-23)26(27,28)29/h2-7,9,11-12,17-18H,13-16H2,1H3. The van der Waals surface area contributed by atoms with E-state index in [1.165, 1.54) is 13.2 Å². The zero-order valence-corrected chi connectivity index (χ0v) is 18.5. The monoisotopic (exact) mass is 465 g/mol. The number of aromatic nitrogens is 1. The molecule has 0 bridgehead atoms. The Kier molecular flexibility index (Phi) is 6.73. The summed E-state index contributed by atoms with van der Waals surface area (Å²) in [5, 5.41) is 0. The Bertz CT molecular complexity index is 1230. The van der Waals surface area contributed by atoms with Crippen LogP contribution in [0.2, 0.25) is 0 Å². The van der Waals surface area contributed by atoms with Gasteiger partial charge >= 0.3 is 6.18 Å². The number of benzene rings is 2. The maximum absolute atomic E-state index is 13.1. The van der Waals surface area contributed by atoms with Crippen molar-refractivity contribution in [2.75, 3.05) is 38.2 Å². The first-order valence-electron chi connectivity index (χ1n) is 10.7. The molecule has 5 nitrogen and oxygen atoms in total. The summed E-state index contributed by atoms with van der Waals surface area (Å²) in [7, 11) is 1.54. The highest BCUT2D eigenvalue weighted by atomic mass is 19.4. The van der Waals surface area contributed by atoms with Crippen LogP contribution >= 0.6 is 0 Å². The van der Waals surface area contributed by atoms with Gasteiger partial charge in [0, 0.05) is 43.6 Å². The molecule has 0 N–H and O–H groups in total. The van der Waals surface area contributed by atoms with E-state index in [0.29, 0.717) is 54.4 Å². The van der Waals surface area contributed by atoms with Gasteiger partial charge in [0.05, 0.1) is 18.2 Å². The van der Waals surface area contributed by atoms with Gasteiger partial charge in [-0.3, -0.25) is 4.79 Å². The van der Waals surface area contributed by atoms with Gasteiger partial charge < -0.3 is 14.5 Å². The van der Waals surface area contributed by atoms with E-state index in [2.05, 4.69) is 16.8 Å². The van der Waals surface area contributed by atoms with E-state index in [1.54, 1.807) is 47.5 Å².